The second-order valence-electron chi connectivity index (χ2n) is 4.98. The molecule has 2 heterocycles. The van der Waals surface area contributed by atoms with Crippen molar-refractivity contribution in [3.63, 3.8) is 0 Å². The van der Waals surface area contributed by atoms with Crippen LogP contribution in [0, 0.1) is 0 Å². The van der Waals surface area contributed by atoms with Crippen LogP contribution in [0.25, 0.3) is 0 Å². The van der Waals surface area contributed by atoms with Gasteiger partial charge in [-0.25, -0.2) is 0 Å². The maximum atomic E-state index is 11.8. The van der Waals surface area contributed by atoms with Gasteiger partial charge in [0.05, 0.1) is 5.02 Å². The van der Waals surface area contributed by atoms with Crippen molar-refractivity contribution in [3.05, 3.63) is 58.3 Å². The van der Waals surface area contributed by atoms with Crippen molar-refractivity contribution < 1.29 is 14.3 Å². The van der Waals surface area contributed by atoms with E-state index < -0.39 is 6.23 Å². The van der Waals surface area contributed by atoms with E-state index in [0.29, 0.717) is 15.8 Å². The molecule has 2 aromatic rings. The average Bonchev–Trinajstić information content (AvgIpc) is 2.99. The molecular formula is C16H13Cl2N3O3. The van der Waals surface area contributed by atoms with Gasteiger partial charge in [0.15, 0.2) is 6.61 Å². The minimum absolute atomic E-state index is 0.0297. The summed E-state index contributed by atoms with van der Waals surface area (Å²) < 4.78 is 11.3. The van der Waals surface area contributed by atoms with Crippen LogP contribution in [0.4, 0.5) is 0 Å². The number of amides is 1. The maximum absolute atomic E-state index is 11.8. The van der Waals surface area contributed by atoms with Gasteiger partial charge < -0.3 is 9.47 Å². The number of aromatic nitrogens is 1. The van der Waals surface area contributed by atoms with Gasteiger partial charge in [-0.05, 0) is 24.3 Å². The minimum atomic E-state index is -0.657. The van der Waals surface area contributed by atoms with Crippen molar-refractivity contribution in [2.24, 2.45) is 5.10 Å². The number of hydrogen-bond acceptors (Lipinski definition) is 5. The Morgan fingerprint density at radius 3 is 2.88 bits per heavy atom. The van der Waals surface area contributed by atoms with E-state index in [2.05, 4.69) is 10.1 Å². The quantitative estimate of drug-likeness (QED) is 0.829. The smallest absolute Gasteiger partial charge is 0.247 e. The fourth-order valence-corrected chi connectivity index (χ4v) is 2.60. The molecule has 24 heavy (non-hydrogen) atoms. The van der Waals surface area contributed by atoms with E-state index >= 15 is 0 Å². The number of ether oxygens (including phenoxy) is 2. The van der Waals surface area contributed by atoms with Crippen LogP contribution in [0.1, 0.15) is 18.7 Å². The van der Waals surface area contributed by atoms with E-state index in [0.717, 1.165) is 5.56 Å². The van der Waals surface area contributed by atoms with Crippen LogP contribution in [0.3, 0.4) is 0 Å². The Balaban J connectivity index is 1.72. The van der Waals surface area contributed by atoms with Crippen molar-refractivity contribution >= 4 is 35.0 Å². The highest BCUT2D eigenvalue weighted by molar-refractivity contribution is 6.35. The van der Waals surface area contributed by atoms with Crippen LogP contribution in [-0.4, -0.2) is 28.4 Å². The molecule has 124 valence electrons. The van der Waals surface area contributed by atoms with Gasteiger partial charge in [0.1, 0.15) is 5.75 Å². The third-order valence-electron chi connectivity index (χ3n) is 3.23. The van der Waals surface area contributed by atoms with Crippen LogP contribution in [0.2, 0.25) is 10.0 Å². The lowest BCUT2D eigenvalue weighted by atomic mass is 10.2. The van der Waals surface area contributed by atoms with Crippen molar-refractivity contribution in [1.82, 2.24) is 9.99 Å². The van der Waals surface area contributed by atoms with Crippen molar-refractivity contribution in [2.45, 2.75) is 13.2 Å². The van der Waals surface area contributed by atoms with E-state index in [-0.39, 0.29) is 18.4 Å². The zero-order valence-electron chi connectivity index (χ0n) is 12.6. The van der Waals surface area contributed by atoms with E-state index in [1.54, 1.807) is 36.7 Å². The van der Waals surface area contributed by atoms with E-state index in [1.165, 1.54) is 11.9 Å². The zero-order valence-corrected chi connectivity index (χ0v) is 14.2. The molecule has 0 N–H and O–H groups in total. The Morgan fingerprint density at radius 2 is 2.21 bits per heavy atom. The molecule has 1 aromatic carbocycles. The molecule has 1 aromatic heterocycles. The van der Waals surface area contributed by atoms with Crippen LogP contribution in [-0.2, 0) is 9.53 Å². The maximum Gasteiger partial charge on any atom is 0.247 e. The Labute approximate surface area is 148 Å². The molecule has 1 aliphatic heterocycles. The molecule has 1 unspecified atom stereocenters. The summed E-state index contributed by atoms with van der Waals surface area (Å²) in [5.74, 6) is 0.472. The largest absolute Gasteiger partial charge is 0.482 e. The molecular weight excluding hydrogens is 353 g/mol. The second-order valence-corrected chi connectivity index (χ2v) is 5.82. The number of halogens is 2. The SMILES string of the molecule is CC(=O)N1N=C(COc2ccc(Cl)cc2Cl)OC1c1cccnc1. The lowest BCUT2D eigenvalue weighted by Gasteiger charge is -2.18. The highest BCUT2D eigenvalue weighted by Gasteiger charge is 2.32. The summed E-state index contributed by atoms with van der Waals surface area (Å²) in [5.41, 5.74) is 0.718. The first-order valence-electron chi connectivity index (χ1n) is 7.06. The third-order valence-corrected chi connectivity index (χ3v) is 3.76. The number of rotatable bonds is 4. The van der Waals surface area contributed by atoms with Crippen LogP contribution in [0.15, 0.2) is 47.8 Å². The molecule has 1 atom stereocenters. The van der Waals surface area contributed by atoms with Crippen molar-refractivity contribution in [1.29, 1.82) is 0 Å². The monoisotopic (exact) mass is 365 g/mol. The van der Waals surface area contributed by atoms with Gasteiger partial charge in [-0.1, -0.05) is 29.3 Å². The number of nitrogens with zero attached hydrogens (tertiary/aromatic N) is 3. The average molecular weight is 366 g/mol. The standard InChI is InChI=1S/C16H13Cl2N3O3/c1-10(22)21-16(11-3-2-6-19-8-11)24-15(20-21)9-23-14-5-4-12(17)7-13(14)18/h2-8,16H,9H2,1H3. The minimum Gasteiger partial charge on any atom is -0.482 e. The van der Waals surface area contributed by atoms with E-state index in [1.807, 2.05) is 6.07 Å². The van der Waals surface area contributed by atoms with Crippen molar-refractivity contribution in [3.8, 4) is 5.75 Å². The third kappa shape index (κ3) is 3.60. The normalized spacial score (nSPS) is 16.5. The Morgan fingerprint density at radius 1 is 1.38 bits per heavy atom. The lowest BCUT2D eigenvalue weighted by Crippen LogP contribution is -2.25. The summed E-state index contributed by atoms with van der Waals surface area (Å²) in [5, 5.41) is 6.31. The highest BCUT2D eigenvalue weighted by atomic mass is 35.5. The lowest BCUT2D eigenvalue weighted by molar-refractivity contribution is -0.135. The molecule has 3 rings (SSSR count). The Hall–Kier alpha value is -2.31. The van der Waals surface area contributed by atoms with Crippen LogP contribution >= 0.6 is 23.2 Å². The summed E-state index contributed by atoms with van der Waals surface area (Å²) >= 11 is 11.9. The summed E-state index contributed by atoms with van der Waals surface area (Å²) in [6.07, 6.45) is 2.61. The van der Waals surface area contributed by atoms with Crippen molar-refractivity contribution in [2.75, 3.05) is 6.61 Å². The van der Waals surface area contributed by atoms with Crippen LogP contribution < -0.4 is 4.74 Å². The first kappa shape index (κ1) is 16.5. The van der Waals surface area contributed by atoms with Gasteiger partial charge >= 0.3 is 0 Å². The number of hydrogen-bond donors (Lipinski definition) is 0. The zero-order chi connectivity index (χ0) is 17.1. The van der Waals surface area contributed by atoms with Crippen LogP contribution in [0.5, 0.6) is 5.75 Å². The fourth-order valence-electron chi connectivity index (χ4n) is 2.14. The second kappa shape index (κ2) is 7.07. The predicted molar refractivity (Wildman–Crippen MR) is 90.0 cm³/mol. The summed E-state index contributed by atoms with van der Waals surface area (Å²) in [4.78, 5) is 15.8. The molecule has 0 radical (unpaired) electrons. The van der Waals surface area contributed by atoms with Gasteiger partial charge in [0.25, 0.3) is 0 Å². The number of pyridine rings is 1. The van der Waals surface area contributed by atoms with E-state index in [4.69, 9.17) is 32.7 Å². The summed E-state index contributed by atoms with van der Waals surface area (Å²) in [6, 6.07) is 8.47. The van der Waals surface area contributed by atoms with Gasteiger partial charge in [0.2, 0.25) is 18.0 Å². The molecule has 0 aliphatic carbocycles. The molecule has 1 aliphatic rings. The molecule has 0 bridgehead atoms. The molecule has 6 nitrogen and oxygen atoms in total. The topological polar surface area (TPSA) is 64.0 Å². The fraction of sp³-hybridized carbons (Fsp3) is 0.188. The van der Waals surface area contributed by atoms with Gasteiger partial charge in [-0.2, -0.15) is 5.01 Å². The molecule has 0 fully saturated rings. The molecule has 0 saturated heterocycles. The van der Waals surface area contributed by atoms with Gasteiger partial charge in [0, 0.05) is 29.9 Å². The number of hydrazone groups is 1. The summed E-state index contributed by atoms with van der Waals surface area (Å²) in [6.45, 7) is 1.44. The first-order valence-corrected chi connectivity index (χ1v) is 7.82. The molecule has 0 spiro atoms. The predicted octanol–water partition coefficient (Wildman–Crippen LogP) is 3.66. The van der Waals surface area contributed by atoms with Gasteiger partial charge in [-0.3, -0.25) is 9.78 Å². The number of benzene rings is 1. The number of carbonyl (C=O) groups is 1. The first-order chi connectivity index (χ1) is 11.5. The highest BCUT2D eigenvalue weighted by Crippen LogP contribution is 2.30. The van der Waals surface area contributed by atoms with E-state index in [9.17, 15) is 4.79 Å². The Bertz CT molecular complexity index is 783. The molecule has 1 amide bonds. The molecule has 0 saturated carbocycles. The summed E-state index contributed by atoms with van der Waals surface area (Å²) in [7, 11) is 0. The molecule has 8 heteroatoms. The van der Waals surface area contributed by atoms with Gasteiger partial charge in [-0.15, -0.1) is 5.10 Å². The number of carbonyl (C=O) groups excluding carboxylic acids is 1. The Kier molecular flexibility index (Phi) is 4.87.